The van der Waals surface area contributed by atoms with E-state index in [-0.39, 0.29) is 51.0 Å². The van der Waals surface area contributed by atoms with Gasteiger partial charge in [0.15, 0.2) is 0 Å². The van der Waals surface area contributed by atoms with Gasteiger partial charge in [-0.25, -0.2) is 16.8 Å². The predicted octanol–water partition coefficient (Wildman–Crippen LogP) is -0.668. The Bertz CT molecular complexity index is 711. The van der Waals surface area contributed by atoms with Crippen molar-refractivity contribution in [3.8, 4) is 11.1 Å². The largest absolute Gasteiger partial charge is 4.00 e. The van der Waals surface area contributed by atoms with Crippen molar-refractivity contribution in [2.45, 2.75) is 25.9 Å². The quantitative estimate of drug-likeness (QED) is 0.317. The molecule has 5 heteroatoms. The average molecular weight is 485 g/mol. The zero-order valence-corrected chi connectivity index (χ0v) is 20.1. The topological polar surface area (TPSA) is 0 Å². The molecule has 0 heterocycles. The number of fused-ring (bicyclic) bond motifs is 3. The van der Waals surface area contributed by atoms with Crippen LogP contribution in [-0.2, 0) is 32.6 Å². The van der Waals surface area contributed by atoms with Gasteiger partial charge in [-0.2, -0.15) is 35.9 Å². The van der Waals surface area contributed by atoms with Crippen LogP contribution in [0.2, 0.25) is 13.1 Å². The fourth-order valence-corrected chi connectivity index (χ4v) is 4.92. The fourth-order valence-electron chi connectivity index (χ4n) is 2.92. The van der Waals surface area contributed by atoms with E-state index in [1.165, 1.54) is 27.5 Å². The van der Waals surface area contributed by atoms with Crippen molar-refractivity contribution >= 4 is 20.4 Å². The molecule has 0 saturated carbocycles. The van der Waals surface area contributed by atoms with E-state index in [0.29, 0.717) is 0 Å². The van der Waals surface area contributed by atoms with E-state index in [4.69, 9.17) is 11.6 Å². The molecule has 0 aliphatic heterocycles. The minimum Gasteiger partial charge on any atom is -1.00 e. The van der Waals surface area contributed by atoms with E-state index in [0.717, 1.165) is 17.9 Å². The molecular weight excluding hydrogens is 466 g/mol. The molecule has 2 aromatic rings. The monoisotopic (exact) mass is 482 g/mol. The zero-order valence-electron chi connectivity index (χ0n) is 14.2. The van der Waals surface area contributed by atoms with Crippen LogP contribution >= 0.6 is 11.6 Å². The smallest absolute Gasteiger partial charge is 1.00 e. The van der Waals surface area contributed by atoms with Gasteiger partial charge in [-0.1, -0.05) is 48.5 Å². The Kier molecular flexibility index (Phi) is 11.5. The molecule has 4 rings (SSSR count). The molecule has 0 nitrogen and oxygen atoms in total. The molecule has 2 aliphatic carbocycles. The summed E-state index contributed by atoms with van der Waals surface area (Å²) in [6.07, 6.45) is 7.27. The Morgan fingerprint density at radius 1 is 1.00 bits per heavy atom. The number of benzene rings is 2. The van der Waals surface area contributed by atoms with Crippen LogP contribution < -0.4 is 24.8 Å². The van der Waals surface area contributed by atoms with E-state index in [2.05, 4.69) is 61.6 Å². The minimum absolute atomic E-state index is 0. The van der Waals surface area contributed by atoms with Gasteiger partial charge in [0.25, 0.3) is 0 Å². The van der Waals surface area contributed by atoms with Gasteiger partial charge in [0, 0.05) is 8.80 Å². The maximum atomic E-state index is 5.87. The summed E-state index contributed by atoms with van der Waals surface area (Å²) < 4.78 is 0. The first-order valence-electron chi connectivity index (χ1n) is 7.71. The van der Waals surface area contributed by atoms with Crippen LogP contribution in [0.4, 0.5) is 0 Å². The van der Waals surface area contributed by atoms with Crippen molar-refractivity contribution in [3.63, 3.8) is 0 Å². The maximum Gasteiger partial charge on any atom is 4.00 e. The second kappa shape index (κ2) is 11.6. The summed E-state index contributed by atoms with van der Waals surface area (Å²) in [5.74, 6) is 0. The zero-order chi connectivity index (χ0) is 15.5. The number of hydrogen-bond donors (Lipinski definition) is 0. The van der Waals surface area contributed by atoms with Gasteiger partial charge < -0.3 is 24.8 Å². The van der Waals surface area contributed by atoms with E-state index < -0.39 is 8.80 Å². The van der Waals surface area contributed by atoms with Gasteiger partial charge in [-0.3, -0.25) is 6.08 Å². The van der Waals surface area contributed by atoms with Crippen LogP contribution in [-0.4, -0.2) is 8.80 Å². The summed E-state index contributed by atoms with van der Waals surface area (Å²) in [6, 6.07) is 18.1. The third-order valence-corrected chi connectivity index (χ3v) is 6.24. The van der Waals surface area contributed by atoms with Crippen LogP contribution in [0.3, 0.4) is 0 Å². The Hall–Kier alpha value is -0.110. The predicted molar refractivity (Wildman–Crippen MR) is 97.7 cm³/mol. The summed E-state index contributed by atoms with van der Waals surface area (Å²) >= 11 is 5.87. The molecule has 0 atom stereocenters. The second-order valence-corrected chi connectivity index (χ2v) is 9.19. The van der Waals surface area contributed by atoms with Crippen molar-refractivity contribution in [1.82, 2.24) is 0 Å². The van der Waals surface area contributed by atoms with E-state index in [1.54, 1.807) is 0 Å². The van der Waals surface area contributed by atoms with E-state index >= 15 is 0 Å². The summed E-state index contributed by atoms with van der Waals surface area (Å²) in [6.45, 7) is 4.54. The molecule has 0 spiro atoms. The summed E-state index contributed by atoms with van der Waals surface area (Å²) in [5.41, 5.74) is 5.51. The average Bonchev–Trinajstić information content (AvgIpc) is 3.11. The van der Waals surface area contributed by atoms with Gasteiger partial charge in [0.1, 0.15) is 0 Å². The van der Waals surface area contributed by atoms with Crippen molar-refractivity contribution in [3.05, 3.63) is 82.0 Å². The van der Waals surface area contributed by atoms with Gasteiger partial charge in [0.05, 0.1) is 0 Å². The Morgan fingerprint density at radius 2 is 1.68 bits per heavy atom. The standard InChI is InChI=1S/C13H9.C7H10ClSi.2ClH.Zr/c1-3-7-12-10(5-1)9-11-6-2-4-8-13(11)12;1-9(2)7-5-3-4-6(7)8;;;/h1-5,7-8H,9H2;4,9H,3H2,1-2H3;2*1H;/q2*-1;;;+4/p-2. The minimum atomic E-state index is -0.676. The molecule has 0 aromatic heterocycles. The van der Waals surface area contributed by atoms with Crippen molar-refractivity contribution < 1.29 is 51.0 Å². The number of hydrogen-bond acceptors (Lipinski definition) is 0. The van der Waals surface area contributed by atoms with Gasteiger partial charge in [-0.05, 0) is 6.42 Å². The SMILES string of the molecule is C[SiH](C)C1=[C-]CC=C1Cl.[Cl-].[Cl-].[Zr+4].[c-]1cccc2c1Cc1ccccc1-2. The molecule has 0 radical (unpaired) electrons. The summed E-state index contributed by atoms with van der Waals surface area (Å²) in [7, 11) is -0.676. The van der Waals surface area contributed by atoms with Gasteiger partial charge in [-0.15, -0.1) is 17.0 Å². The number of halogens is 3. The first-order valence-corrected chi connectivity index (χ1v) is 11.0. The molecule has 0 amide bonds. The molecule has 25 heavy (non-hydrogen) atoms. The van der Waals surface area contributed by atoms with Crippen molar-refractivity contribution in [2.24, 2.45) is 0 Å². The Labute approximate surface area is 189 Å². The first kappa shape index (κ1) is 24.9. The molecule has 128 valence electrons. The van der Waals surface area contributed by atoms with Crippen molar-refractivity contribution in [2.75, 3.05) is 0 Å². The molecule has 0 saturated heterocycles. The normalized spacial score (nSPS) is 13.0. The third-order valence-electron chi connectivity index (χ3n) is 4.03. The Balaban J connectivity index is 0.000000435. The van der Waals surface area contributed by atoms with Gasteiger partial charge in [0.2, 0.25) is 0 Å². The summed E-state index contributed by atoms with van der Waals surface area (Å²) in [4.78, 5) is 0. The first-order chi connectivity index (χ1) is 10.7. The van der Waals surface area contributed by atoms with Crippen LogP contribution in [0.1, 0.15) is 17.5 Å². The van der Waals surface area contributed by atoms with Crippen LogP contribution in [0, 0.1) is 12.1 Å². The van der Waals surface area contributed by atoms with Crippen molar-refractivity contribution in [1.29, 1.82) is 0 Å². The number of allylic oxidation sites excluding steroid dienone is 4. The Morgan fingerprint density at radius 3 is 2.28 bits per heavy atom. The third kappa shape index (κ3) is 5.94. The van der Waals surface area contributed by atoms with E-state index in [9.17, 15) is 0 Å². The molecule has 0 bridgehead atoms. The molecule has 2 aliphatic rings. The van der Waals surface area contributed by atoms with Crippen LogP contribution in [0.15, 0.2) is 58.8 Å². The molecule has 0 fully saturated rings. The van der Waals surface area contributed by atoms with Gasteiger partial charge >= 0.3 is 26.2 Å². The van der Waals surface area contributed by atoms with Crippen LogP contribution in [0.5, 0.6) is 0 Å². The number of rotatable bonds is 1. The van der Waals surface area contributed by atoms with Crippen LogP contribution in [0.25, 0.3) is 11.1 Å². The molecule has 2 aromatic carbocycles. The van der Waals surface area contributed by atoms with E-state index in [1.807, 2.05) is 12.1 Å². The second-order valence-electron chi connectivity index (χ2n) is 5.90. The maximum absolute atomic E-state index is 5.87. The molecule has 0 unspecified atom stereocenters. The fraction of sp³-hybridized carbons (Fsp3) is 0.200. The molecular formula is C20H19Cl3SiZr. The molecule has 0 N–H and O–H groups in total. The summed E-state index contributed by atoms with van der Waals surface area (Å²) in [5, 5.41) is 2.27.